The first-order valence-corrected chi connectivity index (χ1v) is 11.0. The molecular weight excluding hydrogens is 432 g/mol. The van der Waals surface area contributed by atoms with Crippen LogP contribution in [0, 0.1) is 0 Å². The standard InChI is InChI=1S/C20H19ClN2O6S/c1-27-16-10-6-14(18(21)19(16)28-2)7-11-17-22-23(20(24)29-17)12-13-4-8-15(9-5-13)30(3,25)26/h4-11H,12H2,1-3H3. The number of hydrogen-bond acceptors (Lipinski definition) is 7. The van der Waals surface area contributed by atoms with Gasteiger partial charge in [0.2, 0.25) is 5.89 Å². The second kappa shape index (κ2) is 8.76. The van der Waals surface area contributed by atoms with Gasteiger partial charge in [0.25, 0.3) is 0 Å². The second-order valence-corrected chi connectivity index (χ2v) is 8.71. The fourth-order valence-corrected chi connectivity index (χ4v) is 3.63. The molecule has 8 nitrogen and oxygen atoms in total. The lowest BCUT2D eigenvalue weighted by molar-refractivity contribution is 0.355. The van der Waals surface area contributed by atoms with Crippen LogP contribution in [0.1, 0.15) is 17.0 Å². The van der Waals surface area contributed by atoms with Gasteiger partial charge in [-0.1, -0.05) is 23.7 Å². The smallest absolute Gasteiger partial charge is 0.437 e. The minimum atomic E-state index is -3.28. The van der Waals surface area contributed by atoms with E-state index in [1.807, 2.05) is 0 Å². The van der Waals surface area contributed by atoms with Crippen LogP contribution < -0.4 is 15.2 Å². The average molecular weight is 451 g/mol. The van der Waals surface area contributed by atoms with Gasteiger partial charge in [-0.25, -0.2) is 13.2 Å². The molecule has 158 valence electrons. The Morgan fingerprint density at radius 3 is 2.40 bits per heavy atom. The summed E-state index contributed by atoms with van der Waals surface area (Å²) in [6.45, 7) is 0.136. The fraction of sp³-hybridized carbons (Fsp3) is 0.200. The third-order valence-electron chi connectivity index (χ3n) is 4.23. The van der Waals surface area contributed by atoms with E-state index in [0.717, 1.165) is 10.9 Å². The molecule has 30 heavy (non-hydrogen) atoms. The topological polar surface area (TPSA) is 101 Å². The molecule has 0 aliphatic heterocycles. The van der Waals surface area contributed by atoms with Crippen molar-refractivity contribution in [1.82, 2.24) is 9.78 Å². The Labute approximate surface area is 178 Å². The minimum Gasteiger partial charge on any atom is -0.493 e. The summed E-state index contributed by atoms with van der Waals surface area (Å²) >= 11 is 6.33. The van der Waals surface area contributed by atoms with Crippen LogP contribution >= 0.6 is 11.6 Å². The SMILES string of the molecule is COc1ccc(C=Cc2nn(Cc3ccc(S(C)(=O)=O)cc3)c(=O)o2)c(Cl)c1OC. The van der Waals surface area contributed by atoms with Gasteiger partial charge >= 0.3 is 5.76 Å². The minimum absolute atomic E-state index is 0.0959. The third kappa shape index (κ3) is 4.74. The number of sulfone groups is 1. The lowest BCUT2D eigenvalue weighted by atomic mass is 10.2. The molecule has 2 aromatic carbocycles. The Balaban J connectivity index is 1.81. The zero-order valence-corrected chi connectivity index (χ0v) is 18.0. The summed E-state index contributed by atoms with van der Waals surface area (Å²) in [6, 6.07) is 9.65. The third-order valence-corrected chi connectivity index (χ3v) is 5.74. The van der Waals surface area contributed by atoms with Crippen molar-refractivity contribution < 1.29 is 22.3 Å². The van der Waals surface area contributed by atoms with Gasteiger partial charge in [0, 0.05) is 12.3 Å². The zero-order valence-electron chi connectivity index (χ0n) is 16.5. The highest BCUT2D eigenvalue weighted by Crippen LogP contribution is 2.37. The van der Waals surface area contributed by atoms with Crippen molar-refractivity contribution in [2.45, 2.75) is 11.4 Å². The van der Waals surface area contributed by atoms with Gasteiger partial charge in [0.15, 0.2) is 21.3 Å². The van der Waals surface area contributed by atoms with E-state index in [0.29, 0.717) is 27.6 Å². The Morgan fingerprint density at radius 2 is 1.80 bits per heavy atom. The van der Waals surface area contributed by atoms with Gasteiger partial charge in [-0.2, -0.15) is 4.68 Å². The lowest BCUT2D eigenvalue weighted by Crippen LogP contribution is -2.16. The van der Waals surface area contributed by atoms with E-state index in [1.165, 1.54) is 32.4 Å². The molecule has 0 aliphatic rings. The first-order valence-electron chi connectivity index (χ1n) is 8.68. The van der Waals surface area contributed by atoms with Crippen molar-refractivity contribution in [3.8, 4) is 11.5 Å². The largest absolute Gasteiger partial charge is 0.493 e. The Morgan fingerprint density at radius 1 is 1.10 bits per heavy atom. The van der Waals surface area contributed by atoms with Crippen LogP contribution in [0.15, 0.2) is 50.5 Å². The fourth-order valence-electron chi connectivity index (χ4n) is 2.70. The second-order valence-electron chi connectivity index (χ2n) is 6.32. The number of hydrogen-bond donors (Lipinski definition) is 0. The van der Waals surface area contributed by atoms with Crippen LogP contribution in [-0.2, 0) is 16.4 Å². The van der Waals surface area contributed by atoms with E-state index in [1.54, 1.807) is 30.3 Å². The number of rotatable bonds is 7. The van der Waals surface area contributed by atoms with Crippen molar-refractivity contribution in [1.29, 1.82) is 0 Å². The molecule has 0 radical (unpaired) electrons. The number of methoxy groups -OCH3 is 2. The number of nitrogens with zero attached hydrogens (tertiary/aromatic N) is 2. The first kappa shape index (κ1) is 21.7. The normalized spacial score (nSPS) is 11.7. The molecule has 0 unspecified atom stereocenters. The van der Waals surface area contributed by atoms with Crippen molar-refractivity contribution in [2.75, 3.05) is 20.5 Å². The highest BCUT2D eigenvalue weighted by Gasteiger charge is 2.12. The Bertz CT molecular complexity index is 1240. The van der Waals surface area contributed by atoms with Crippen molar-refractivity contribution in [3.05, 3.63) is 69.0 Å². The highest BCUT2D eigenvalue weighted by atomic mass is 35.5. The van der Waals surface area contributed by atoms with E-state index < -0.39 is 15.6 Å². The molecule has 0 saturated heterocycles. The molecule has 10 heteroatoms. The van der Waals surface area contributed by atoms with Gasteiger partial charge in [0.1, 0.15) is 0 Å². The van der Waals surface area contributed by atoms with Gasteiger partial charge in [-0.05, 0) is 41.5 Å². The number of ether oxygens (including phenoxy) is 2. The van der Waals surface area contributed by atoms with Crippen LogP contribution in [0.25, 0.3) is 12.2 Å². The molecule has 0 bridgehead atoms. The molecule has 0 spiro atoms. The van der Waals surface area contributed by atoms with Crippen LogP contribution in [0.3, 0.4) is 0 Å². The van der Waals surface area contributed by atoms with Crippen LogP contribution in [0.4, 0.5) is 0 Å². The Kier molecular flexibility index (Phi) is 6.33. The van der Waals surface area contributed by atoms with E-state index in [4.69, 9.17) is 25.5 Å². The first-order chi connectivity index (χ1) is 14.2. The molecule has 0 N–H and O–H groups in total. The van der Waals surface area contributed by atoms with Crippen molar-refractivity contribution >= 4 is 33.6 Å². The number of halogens is 1. The predicted molar refractivity (Wildman–Crippen MR) is 113 cm³/mol. The van der Waals surface area contributed by atoms with E-state index in [2.05, 4.69) is 5.10 Å². The molecular formula is C20H19ClN2O6S. The van der Waals surface area contributed by atoms with Crippen molar-refractivity contribution in [2.24, 2.45) is 0 Å². The average Bonchev–Trinajstić information content (AvgIpc) is 3.05. The summed E-state index contributed by atoms with van der Waals surface area (Å²) in [4.78, 5) is 12.3. The van der Waals surface area contributed by atoms with Gasteiger partial charge < -0.3 is 13.9 Å². The van der Waals surface area contributed by atoms with Gasteiger partial charge in [0.05, 0.1) is 30.7 Å². The molecule has 0 amide bonds. The summed E-state index contributed by atoms with van der Waals surface area (Å²) in [5, 5.41) is 4.48. The Hall–Kier alpha value is -3.04. The van der Waals surface area contributed by atoms with Crippen LogP contribution in [0.2, 0.25) is 5.02 Å². The lowest BCUT2D eigenvalue weighted by Gasteiger charge is -2.10. The summed E-state index contributed by atoms with van der Waals surface area (Å²) < 4.78 is 39.8. The molecule has 1 aromatic heterocycles. The van der Waals surface area contributed by atoms with E-state index in [-0.39, 0.29) is 17.3 Å². The molecule has 0 fully saturated rings. The number of aromatic nitrogens is 2. The maximum atomic E-state index is 12.1. The van der Waals surface area contributed by atoms with E-state index >= 15 is 0 Å². The maximum Gasteiger partial charge on any atom is 0.437 e. The molecule has 3 aromatic rings. The predicted octanol–water partition coefficient (Wildman–Crippen LogP) is 3.13. The quantitative estimate of drug-likeness (QED) is 0.545. The van der Waals surface area contributed by atoms with Crippen LogP contribution in [0.5, 0.6) is 11.5 Å². The summed E-state index contributed by atoms with van der Waals surface area (Å²) in [6.07, 6.45) is 4.28. The highest BCUT2D eigenvalue weighted by molar-refractivity contribution is 7.90. The summed E-state index contributed by atoms with van der Waals surface area (Å²) in [5.41, 5.74) is 1.33. The maximum absolute atomic E-state index is 12.1. The zero-order chi connectivity index (χ0) is 21.9. The molecule has 0 atom stereocenters. The number of benzene rings is 2. The van der Waals surface area contributed by atoms with Crippen LogP contribution in [-0.4, -0.2) is 38.7 Å². The molecule has 0 aliphatic carbocycles. The summed E-state index contributed by atoms with van der Waals surface area (Å²) in [7, 11) is -0.283. The summed E-state index contributed by atoms with van der Waals surface area (Å²) in [5.74, 6) is 0.349. The monoisotopic (exact) mass is 450 g/mol. The van der Waals surface area contributed by atoms with Gasteiger partial charge in [-0.3, -0.25) is 0 Å². The molecule has 1 heterocycles. The molecule has 3 rings (SSSR count). The van der Waals surface area contributed by atoms with Gasteiger partial charge in [-0.15, -0.1) is 5.10 Å². The van der Waals surface area contributed by atoms with Crippen molar-refractivity contribution in [3.63, 3.8) is 0 Å². The van der Waals surface area contributed by atoms with E-state index in [9.17, 15) is 13.2 Å². The molecule has 0 saturated carbocycles.